The van der Waals surface area contributed by atoms with Crippen molar-refractivity contribution in [3.05, 3.63) is 95.0 Å². The van der Waals surface area contributed by atoms with E-state index in [0.29, 0.717) is 0 Å². The number of rotatable bonds is 5. The van der Waals surface area contributed by atoms with Gasteiger partial charge < -0.3 is 9.97 Å². The first-order valence-electron chi connectivity index (χ1n) is 9.37. The van der Waals surface area contributed by atoms with Gasteiger partial charge in [0.05, 0.1) is 22.1 Å². The molecule has 0 aliphatic heterocycles. The number of aromatic nitrogens is 4. The highest BCUT2D eigenvalue weighted by Gasteiger charge is 2.18. The van der Waals surface area contributed by atoms with Crippen molar-refractivity contribution in [1.82, 2.24) is 19.9 Å². The molecule has 28 heavy (non-hydrogen) atoms. The Morgan fingerprint density at radius 2 is 1.18 bits per heavy atom. The van der Waals surface area contributed by atoms with Crippen molar-refractivity contribution in [2.75, 3.05) is 0 Å². The molecule has 0 fully saturated rings. The summed E-state index contributed by atoms with van der Waals surface area (Å²) in [5.74, 6) is 2.20. The predicted octanol–water partition coefficient (Wildman–Crippen LogP) is 5.66. The molecule has 0 unspecified atom stereocenters. The molecule has 2 aromatic heterocycles. The summed E-state index contributed by atoms with van der Waals surface area (Å²) in [4.78, 5) is 16.4. The average Bonchev–Trinajstić information content (AvgIpc) is 3.30. The van der Waals surface area contributed by atoms with Crippen molar-refractivity contribution in [3.63, 3.8) is 0 Å². The molecule has 0 aliphatic carbocycles. The fourth-order valence-electron chi connectivity index (χ4n) is 3.71. The molecule has 0 aliphatic rings. The molecule has 5 rings (SSSR count). The Kier molecular flexibility index (Phi) is 4.34. The number of hydrogen-bond donors (Lipinski definition) is 2. The molecule has 0 amide bonds. The van der Waals surface area contributed by atoms with Crippen LogP contribution in [0.25, 0.3) is 22.1 Å². The van der Waals surface area contributed by atoms with Crippen LogP contribution < -0.4 is 0 Å². The van der Waals surface area contributed by atoms with Crippen LogP contribution in [-0.4, -0.2) is 19.9 Å². The molecule has 4 nitrogen and oxygen atoms in total. The minimum atomic E-state index is 0.235. The van der Waals surface area contributed by atoms with Crippen LogP contribution in [0.1, 0.15) is 23.1 Å². The highest BCUT2D eigenvalue weighted by atomic mass is 35.5. The Morgan fingerprint density at radius 3 is 1.68 bits per heavy atom. The largest absolute Gasteiger partial charge is 0.342 e. The normalized spacial score (nSPS) is 11.6. The summed E-state index contributed by atoms with van der Waals surface area (Å²) in [5.41, 5.74) is 5.35. The number of halogens is 1. The van der Waals surface area contributed by atoms with Gasteiger partial charge in [0.25, 0.3) is 0 Å². The maximum absolute atomic E-state index is 6.11. The van der Waals surface area contributed by atoms with E-state index < -0.39 is 0 Å². The van der Waals surface area contributed by atoms with Crippen molar-refractivity contribution in [1.29, 1.82) is 0 Å². The molecule has 0 saturated heterocycles. The van der Waals surface area contributed by atoms with Crippen LogP contribution in [0, 0.1) is 0 Å². The zero-order chi connectivity index (χ0) is 18.9. The van der Waals surface area contributed by atoms with Crippen LogP contribution in [0.3, 0.4) is 0 Å². The summed E-state index contributed by atoms with van der Waals surface area (Å²) >= 11 is 6.11. The van der Waals surface area contributed by atoms with Gasteiger partial charge in [0, 0.05) is 17.9 Å². The summed E-state index contributed by atoms with van der Waals surface area (Å²) in [6.45, 7) is 0. The van der Waals surface area contributed by atoms with Gasteiger partial charge in [-0.15, -0.1) is 0 Å². The van der Waals surface area contributed by atoms with Gasteiger partial charge in [0.2, 0.25) is 0 Å². The van der Waals surface area contributed by atoms with E-state index in [9.17, 15) is 0 Å². The first kappa shape index (κ1) is 17.0. The Morgan fingerprint density at radius 1 is 0.679 bits per heavy atom. The van der Waals surface area contributed by atoms with Gasteiger partial charge >= 0.3 is 0 Å². The lowest BCUT2D eigenvalue weighted by atomic mass is 9.92. The smallest absolute Gasteiger partial charge is 0.107 e. The second kappa shape index (κ2) is 7.13. The number of H-pyrrole nitrogens is 2. The molecule has 0 spiro atoms. The molecule has 0 bridgehead atoms. The molecule has 2 N–H and O–H groups in total. The standard InChI is InChI=1S/C23H19ClN4/c24-17-11-9-15(10-12-17)16(13-22-25-18-5-1-2-6-19(18)26-22)14-23-27-20-7-3-4-8-21(20)28-23/h1-12,16H,13-14H2,(H,25,26)(H,27,28). The zero-order valence-corrected chi connectivity index (χ0v) is 15.9. The number of para-hydroxylation sites is 4. The Balaban J connectivity index is 1.49. The molecular weight excluding hydrogens is 368 g/mol. The van der Waals surface area contributed by atoms with Crippen LogP contribution in [0.5, 0.6) is 0 Å². The third-order valence-electron chi connectivity index (χ3n) is 5.10. The molecule has 0 atom stereocenters. The number of fused-ring (bicyclic) bond motifs is 2. The monoisotopic (exact) mass is 386 g/mol. The summed E-state index contributed by atoms with van der Waals surface area (Å²) in [5, 5.41) is 0.745. The van der Waals surface area contributed by atoms with Crippen molar-refractivity contribution in [2.24, 2.45) is 0 Å². The van der Waals surface area contributed by atoms with E-state index in [1.54, 1.807) is 0 Å². The molecular formula is C23H19ClN4. The quantitative estimate of drug-likeness (QED) is 0.409. The van der Waals surface area contributed by atoms with E-state index >= 15 is 0 Å². The van der Waals surface area contributed by atoms with Crippen LogP contribution in [-0.2, 0) is 12.8 Å². The zero-order valence-electron chi connectivity index (χ0n) is 15.2. The summed E-state index contributed by atoms with van der Waals surface area (Å²) in [7, 11) is 0. The number of imidazole rings is 2. The van der Waals surface area contributed by atoms with E-state index in [1.807, 2.05) is 48.5 Å². The van der Waals surface area contributed by atoms with Crippen molar-refractivity contribution in [3.8, 4) is 0 Å². The van der Waals surface area contributed by atoms with Crippen LogP contribution in [0.2, 0.25) is 5.02 Å². The number of nitrogens with one attached hydrogen (secondary N) is 2. The van der Waals surface area contributed by atoms with Crippen LogP contribution in [0.15, 0.2) is 72.8 Å². The second-order valence-electron chi connectivity index (χ2n) is 7.06. The molecule has 5 aromatic rings. The number of aromatic amines is 2. The Hall–Kier alpha value is -3.11. The lowest BCUT2D eigenvalue weighted by Crippen LogP contribution is -2.09. The van der Waals surface area contributed by atoms with E-state index in [-0.39, 0.29) is 5.92 Å². The molecule has 5 heteroatoms. The first-order chi connectivity index (χ1) is 13.7. The van der Waals surface area contributed by atoms with E-state index in [2.05, 4.69) is 34.2 Å². The highest BCUT2D eigenvalue weighted by Crippen LogP contribution is 2.27. The maximum Gasteiger partial charge on any atom is 0.107 e. The average molecular weight is 387 g/mol. The third-order valence-corrected chi connectivity index (χ3v) is 5.35. The number of nitrogens with zero attached hydrogens (tertiary/aromatic N) is 2. The van der Waals surface area contributed by atoms with Crippen molar-refractivity contribution in [2.45, 2.75) is 18.8 Å². The lowest BCUT2D eigenvalue weighted by molar-refractivity contribution is 0.642. The minimum absolute atomic E-state index is 0.235. The lowest BCUT2D eigenvalue weighted by Gasteiger charge is -2.15. The van der Waals surface area contributed by atoms with Gasteiger partial charge in [-0.25, -0.2) is 9.97 Å². The maximum atomic E-state index is 6.11. The highest BCUT2D eigenvalue weighted by molar-refractivity contribution is 6.30. The summed E-state index contributed by atoms with van der Waals surface area (Å²) in [6.07, 6.45) is 1.60. The topological polar surface area (TPSA) is 57.4 Å². The minimum Gasteiger partial charge on any atom is -0.342 e. The second-order valence-corrected chi connectivity index (χ2v) is 7.49. The summed E-state index contributed by atoms with van der Waals surface area (Å²) in [6, 6.07) is 24.3. The van der Waals surface area contributed by atoms with Gasteiger partial charge in [-0.05, 0) is 47.9 Å². The van der Waals surface area contributed by atoms with Crippen molar-refractivity contribution >= 4 is 33.7 Å². The molecule has 0 radical (unpaired) electrons. The first-order valence-corrected chi connectivity index (χ1v) is 9.75. The van der Waals surface area contributed by atoms with E-state index in [4.69, 9.17) is 21.6 Å². The predicted molar refractivity (Wildman–Crippen MR) is 114 cm³/mol. The van der Waals surface area contributed by atoms with Gasteiger partial charge in [-0.3, -0.25) is 0 Å². The van der Waals surface area contributed by atoms with Gasteiger partial charge in [-0.2, -0.15) is 0 Å². The van der Waals surface area contributed by atoms with Crippen LogP contribution in [0.4, 0.5) is 0 Å². The number of benzene rings is 3. The van der Waals surface area contributed by atoms with E-state index in [0.717, 1.165) is 51.6 Å². The van der Waals surface area contributed by atoms with E-state index in [1.165, 1.54) is 5.56 Å². The molecule has 3 aromatic carbocycles. The number of hydrogen-bond acceptors (Lipinski definition) is 2. The van der Waals surface area contributed by atoms with Gasteiger partial charge in [-0.1, -0.05) is 48.0 Å². The third kappa shape index (κ3) is 3.39. The Bertz CT molecular complexity index is 1090. The van der Waals surface area contributed by atoms with Gasteiger partial charge in [0.1, 0.15) is 11.6 Å². The molecule has 0 saturated carbocycles. The Labute approximate surface area is 167 Å². The SMILES string of the molecule is Clc1ccc(C(Cc2nc3ccccc3[nH]2)Cc2nc3ccccc3[nH]2)cc1. The summed E-state index contributed by atoms with van der Waals surface area (Å²) < 4.78 is 0. The molecule has 2 heterocycles. The van der Waals surface area contributed by atoms with Crippen molar-refractivity contribution < 1.29 is 0 Å². The van der Waals surface area contributed by atoms with Crippen LogP contribution >= 0.6 is 11.6 Å². The fourth-order valence-corrected chi connectivity index (χ4v) is 3.84. The van der Waals surface area contributed by atoms with Gasteiger partial charge in [0.15, 0.2) is 0 Å². The molecule has 138 valence electrons. The fraction of sp³-hybridized carbons (Fsp3) is 0.130.